The van der Waals surface area contributed by atoms with E-state index in [2.05, 4.69) is 5.10 Å². The number of esters is 1. The summed E-state index contributed by atoms with van der Waals surface area (Å²) in [6.45, 7) is 1.92. The van der Waals surface area contributed by atoms with Gasteiger partial charge in [-0.1, -0.05) is 12.1 Å². The van der Waals surface area contributed by atoms with Gasteiger partial charge in [0.1, 0.15) is 4.90 Å². The Morgan fingerprint density at radius 3 is 2.70 bits per heavy atom. The smallest absolute Gasteiger partial charge is 0.358 e. The zero-order chi connectivity index (χ0) is 14.8. The number of benzene rings is 1. The highest BCUT2D eigenvalue weighted by molar-refractivity contribution is 8.13. The van der Waals surface area contributed by atoms with Crippen molar-refractivity contribution in [3.05, 3.63) is 42.2 Å². The Morgan fingerprint density at radius 2 is 2.05 bits per heavy atom. The first-order valence-corrected chi connectivity index (χ1v) is 8.01. The molecule has 0 aliphatic rings. The largest absolute Gasteiger partial charge is 0.461 e. The second-order valence-electron chi connectivity index (χ2n) is 3.77. The lowest BCUT2D eigenvalue weighted by Crippen LogP contribution is -2.08. The predicted octanol–water partition coefficient (Wildman–Crippen LogP) is 1.98. The topological polar surface area (TPSA) is 78.3 Å². The van der Waals surface area contributed by atoms with Crippen LogP contribution in [0.15, 0.2) is 41.4 Å². The summed E-state index contributed by atoms with van der Waals surface area (Å²) in [7, 11) is 1.46. The number of ether oxygens (including phenoxy) is 1. The van der Waals surface area contributed by atoms with E-state index < -0.39 is 15.0 Å². The average Bonchev–Trinajstić information content (AvgIpc) is 2.87. The van der Waals surface area contributed by atoms with Crippen molar-refractivity contribution in [1.29, 1.82) is 0 Å². The monoisotopic (exact) mass is 314 g/mol. The number of nitrogens with zero attached hydrogens (tertiary/aromatic N) is 2. The van der Waals surface area contributed by atoms with Gasteiger partial charge in [-0.2, -0.15) is 5.10 Å². The van der Waals surface area contributed by atoms with Crippen molar-refractivity contribution in [2.45, 2.75) is 11.8 Å². The van der Waals surface area contributed by atoms with Crippen molar-refractivity contribution in [1.82, 2.24) is 9.78 Å². The first-order valence-electron chi connectivity index (χ1n) is 5.70. The number of carbonyl (C=O) groups is 1. The lowest BCUT2D eigenvalue weighted by atomic mass is 10.3. The van der Waals surface area contributed by atoms with Crippen molar-refractivity contribution in [3.8, 4) is 5.69 Å². The molecule has 0 aliphatic carbocycles. The average molecular weight is 315 g/mol. The van der Waals surface area contributed by atoms with E-state index in [1.807, 2.05) is 0 Å². The Morgan fingerprint density at radius 1 is 1.35 bits per heavy atom. The third-order valence-corrected chi connectivity index (χ3v) is 3.82. The number of halogens is 1. The Labute approximate surface area is 120 Å². The Balaban J connectivity index is 2.46. The van der Waals surface area contributed by atoms with Gasteiger partial charge in [-0.05, 0) is 25.1 Å². The molecule has 0 unspecified atom stereocenters. The van der Waals surface area contributed by atoms with Crippen molar-refractivity contribution >= 4 is 25.7 Å². The van der Waals surface area contributed by atoms with Gasteiger partial charge in [0.15, 0.2) is 5.69 Å². The second-order valence-corrected chi connectivity index (χ2v) is 6.31. The van der Waals surface area contributed by atoms with Gasteiger partial charge in [0.2, 0.25) is 0 Å². The standard InChI is InChI=1S/C12H11ClN2O4S/c1-2-19-12(16)9-7-8-15(14-9)10-5-3-4-6-11(10)20(13,17)18/h3-8H,2H2,1H3. The molecule has 0 N–H and O–H groups in total. The molecular formula is C12H11ClN2O4S. The van der Waals surface area contributed by atoms with E-state index in [0.717, 1.165) is 0 Å². The van der Waals surface area contributed by atoms with Crippen LogP contribution in [0.2, 0.25) is 0 Å². The van der Waals surface area contributed by atoms with Gasteiger partial charge in [0, 0.05) is 16.9 Å². The van der Waals surface area contributed by atoms with E-state index in [-0.39, 0.29) is 22.9 Å². The van der Waals surface area contributed by atoms with Crippen LogP contribution in [0.3, 0.4) is 0 Å². The van der Waals surface area contributed by atoms with Crippen LogP contribution in [0.4, 0.5) is 0 Å². The summed E-state index contributed by atoms with van der Waals surface area (Å²) in [5.41, 5.74) is 0.353. The minimum Gasteiger partial charge on any atom is -0.461 e. The van der Waals surface area contributed by atoms with Crippen molar-refractivity contribution in [2.75, 3.05) is 6.61 Å². The number of aromatic nitrogens is 2. The summed E-state index contributed by atoms with van der Waals surface area (Å²) in [6, 6.07) is 7.54. The van der Waals surface area contributed by atoms with Crippen LogP contribution in [-0.4, -0.2) is 30.8 Å². The molecule has 1 aromatic heterocycles. The predicted molar refractivity (Wildman–Crippen MR) is 72.6 cm³/mol. The molecule has 0 bridgehead atoms. The summed E-state index contributed by atoms with van der Waals surface area (Å²) in [4.78, 5) is 11.4. The molecule has 2 rings (SSSR count). The first-order chi connectivity index (χ1) is 9.43. The molecule has 0 radical (unpaired) electrons. The van der Waals surface area contributed by atoms with E-state index in [1.165, 1.54) is 29.1 Å². The molecule has 0 saturated carbocycles. The fourth-order valence-corrected chi connectivity index (χ4v) is 2.67. The number of hydrogen-bond acceptors (Lipinski definition) is 5. The van der Waals surface area contributed by atoms with E-state index in [1.54, 1.807) is 19.1 Å². The lowest BCUT2D eigenvalue weighted by molar-refractivity contribution is 0.0519. The summed E-state index contributed by atoms with van der Waals surface area (Å²) < 4.78 is 29.1. The molecule has 1 aromatic carbocycles. The van der Waals surface area contributed by atoms with Crippen LogP contribution < -0.4 is 0 Å². The molecule has 2 aromatic rings. The molecule has 0 atom stereocenters. The van der Waals surface area contributed by atoms with Gasteiger partial charge >= 0.3 is 5.97 Å². The summed E-state index contributed by atoms with van der Waals surface area (Å²) in [5, 5.41) is 3.99. The van der Waals surface area contributed by atoms with Crippen molar-refractivity contribution in [3.63, 3.8) is 0 Å². The van der Waals surface area contributed by atoms with Crippen LogP contribution in [0.5, 0.6) is 0 Å². The highest BCUT2D eigenvalue weighted by Gasteiger charge is 2.18. The van der Waals surface area contributed by atoms with E-state index in [9.17, 15) is 13.2 Å². The Hall–Kier alpha value is -1.86. The number of hydrogen-bond donors (Lipinski definition) is 0. The van der Waals surface area contributed by atoms with Gasteiger partial charge in [-0.25, -0.2) is 17.9 Å². The van der Waals surface area contributed by atoms with Gasteiger partial charge in [-0.15, -0.1) is 0 Å². The molecule has 0 aliphatic heterocycles. The maximum Gasteiger partial charge on any atom is 0.358 e. The number of rotatable bonds is 4. The summed E-state index contributed by atoms with van der Waals surface area (Å²) >= 11 is 0. The first kappa shape index (κ1) is 14.5. The highest BCUT2D eigenvalue weighted by Crippen LogP contribution is 2.22. The van der Waals surface area contributed by atoms with Crippen LogP contribution in [0.25, 0.3) is 5.69 Å². The minimum absolute atomic E-state index is 0.0832. The second kappa shape index (κ2) is 5.64. The summed E-state index contributed by atoms with van der Waals surface area (Å²) in [5.74, 6) is -0.572. The molecule has 0 amide bonds. The Kier molecular flexibility index (Phi) is 4.10. The normalized spacial score (nSPS) is 11.3. The van der Waals surface area contributed by atoms with Gasteiger partial charge in [-0.3, -0.25) is 0 Å². The molecule has 0 spiro atoms. The van der Waals surface area contributed by atoms with E-state index in [4.69, 9.17) is 15.4 Å². The van der Waals surface area contributed by atoms with Gasteiger partial charge in [0.25, 0.3) is 9.05 Å². The zero-order valence-corrected chi connectivity index (χ0v) is 12.1. The summed E-state index contributed by atoms with van der Waals surface area (Å²) in [6.07, 6.45) is 1.47. The maximum absolute atomic E-state index is 11.5. The molecular weight excluding hydrogens is 304 g/mol. The highest BCUT2D eigenvalue weighted by atomic mass is 35.7. The molecule has 106 valence electrons. The Bertz CT molecular complexity index is 739. The zero-order valence-electron chi connectivity index (χ0n) is 10.5. The van der Waals surface area contributed by atoms with Crippen LogP contribution in [-0.2, 0) is 13.8 Å². The fourth-order valence-electron chi connectivity index (χ4n) is 1.62. The quantitative estimate of drug-likeness (QED) is 0.637. The molecule has 1 heterocycles. The number of carbonyl (C=O) groups excluding carboxylic acids is 1. The third-order valence-electron chi connectivity index (χ3n) is 2.45. The molecule has 20 heavy (non-hydrogen) atoms. The molecule has 6 nitrogen and oxygen atoms in total. The number of para-hydroxylation sites is 1. The van der Waals surface area contributed by atoms with Crippen molar-refractivity contribution < 1.29 is 17.9 Å². The SMILES string of the molecule is CCOC(=O)c1ccn(-c2ccccc2S(=O)(=O)Cl)n1. The van der Waals surface area contributed by atoms with Crippen LogP contribution in [0.1, 0.15) is 17.4 Å². The van der Waals surface area contributed by atoms with Gasteiger partial charge < -0.3 is 4.74 Å². The molecule has 0 saturated heterocycles. The third kappa shape index (κ3) is 3.00. The van der Waals surface area contributed by atoms with Crippen LogP contribution in [0, 0.1) is 0 Å². The van der Waals surface area contributed by atoms with Gasteiger partial charge in [0.05, 0.1) is 12.3 Å². The lowest BCUT2D eigenvalue weighted by Gasteiger charge is -2.06. The fraction of sp³-hybridized carbons (Fsp3) is 0.167. The van der Waals surface area contributed by atoms with Crippen LogP contribution >= 0.6 is 10.7 Å². The minimum atomic E-state index is -3.91. The van der Waals surface area contributed by atoms with E-state index >= 15 is 0 Å². The molecule has 0 fully saturated rings. The van der Waals surface area contributed by atoms with Crippen molar-refractivity contribution in [2.24, 2.45) is 0 Å². The maximum atomic E-state index is 11.5. The van der Waals surface area contributed by atoms with E-state index in [0.29, 0.717) is 0 Å². The molecule has 8 heteroatoms.